The molecule has 3 heterocycles. The van der Waals surface area contributed by atoms with Crippen molar-refractivity contribution in [2.45, 2.75) is 50.5 Å². The normalized spacial score (nSPS) is 21.6. The minimum Gasteiger partial charge on any atom is -0.463 e. The van der Waals surface area contributed by atoms with Gasteiger partial charge in [0.1, 0.15) is 30.6 Å². The van der Waals surface area contributed by atoms with Gasteiger partial charge in [0.25, 0.3) is 0 Å². The van der Waals surface area contributed by atoms with Gasteiger partial charge in [-0.15, -0.1) is 0 Å². The van der Waals surface area contributed by atoms with E-state index in [1.807, 2.05) is 44.2 Å². The number of aliphatic hydroxyl groups excluding tert-OH is 1. The van der Waals surface area contributed by atoms with Crippen LogP contribution in [0.2, 0.25) is 0 Å². The van der Waals surface area contributed by atoms with Gasteiger partial charge in [0.05, 0.1) is 18.2 Å². The molecule has 1 aromatic carbocycles. The van der Waals surface area contributed by atoms with Crippen LogP contribution in [-0.4, -0.2) is 56.6 Å². The molecular formula is C24H26N6O5. The predicted octanol–water partition coefficient (Wildman–Crippen LogP) is 1.91. The Bertz CT molecular complexity index is 1250. The summed E-state index contributed by atoms with van der Waals surface area (Å²) in [4.78, 5) is 28.5. The van der Waals surface area contributed by atoms with E-state index in [0.717, 1.165) is 5.56 Å². The summed E-state index contributed by atoms with van der Waals surface area (Å²) in [7, 11) is 0. The minimum atomic E-state index is -1.74. The molecule has 11 heteroatoms. The van der Waals surface area contributed by atoms with E-state index in [-0.39, 0.29) is 37.0 Å². The molecule has 1 saturated heterocycles. The van der Waals surface area contributed by atoms with E-state index >= 15 is 0 Å². The summed E-state index contributed by atoms with van der Waals surface area (Å²) < 4.78 is 12.7. The standard InChI is InChI=1S/C24H26N6O5/c1-15(2)28-23(33)29-22-18-8-9-19(30(18)27-14-26-22)24(13-25)20(31)11-17(35-24)12-34-21(32)10-16-6-4-3-5-7-16/h3-9,14-15,17,20,31H,10-12H2,1-2H3,(H2,26,27,28,29,33)/t17-,20-,24+/m1/s1. The third-order valence-corrected chi connectivity index (χ3v) is 5.58. The highest BCUT2D eigenvalue weighted by molar-refractivity contribution is 5.92. The number of nitrogens with one attached hydrogen (secondary N) is 2. The molecule has 0 saturated carbocycles. The highest BCUT2D eigenvalue weighted by atomic mass is 16.6. The molecule has 3 N–H and O–H groups in total. The molecule has 1 fully saturated rings. The summed E-state index contributed by atoms with van der Waals surface area (Å²) in [5, 5.41) is 30.4. The number of nitrogens with zero attached hydrogens (tertiary/aromatic N) is 4. The Labute approximate surface area is 201 Å². The van der Waals surface area contributed by atoms with Crippen molar-refractivity contribution >= 4 is 23.3 Å². The number of carbonyl (C=O) groups excluding carboxylic acids is 2. The molecule has 1 aliphatic heterocycles. The average Bonchev–Trinajstić information content (AvgIpc) is 3.40. The van der Waals surface area contributed by atoms with E-state index in [1.165, 1.54) is 10.8 Å². The number of nitriles is 1. The third kappa shape index (κ3) is 5.08. The lowest BCUT2D eigenvalue weighted by Crippen LogP contribution is -2.37. The average molecular weight is 479 g/mol. The van der Waals surface area contributed by atoms with Gasteiger partial charge in [-0.05, 0) is 31.5 Å². The second-order valence-corrected chi connectivity index (χ2v) is 8.56. The van der Waals surface area contributed by atoms with Crippen LogP contribution in [0.3, 0.4) is 0 Å². The number of rotatable bonds is 7. The Hall–Kier alpha value is -4.01. The molecule has 4 rings (SSSR count). The summed E-state index contributed by atoms with van der Waals surface area (Å²) in [5.41, 5.74) is -0.226. The maximum atomic E-state index is 12.2. The molecule has 0 radical (unpaired) electrons. The van der Waals surface area contributed by atoms with Crippen molar-refractivity contribution in [3.8, 4) is 6.07 Å². The first kappa shape index (κ1) is 24.1. The number of hydrogen-bond acceptors (Lipinski definition) is 8. The van der Waals surface area contributed by atoms with Gasteiger partial charge in [-0.1, -0.05) is 30.3 Å². The topological polar surface area (TPSA) is 151 Å². The van der Waals surface area contributed by atoms with Gasteiger partial charge < -0.3 is 19.9 Å². The van der Waals surface area contributed by atoms with E-state index in [4.69, 9.17) is 9.47 Å². The molecule has 0 bridgehead atoms. The number of ether oxygens (including phenoxy) is 2. The number of aliphatic hydroxyl groups is 1. The number of urea groups is 1. The summed E-state index contributed by atoms with van der Waals surface area (Å²) >= 11 is 0. The molecule has 182 valence electrons. The van der Waals surface area contributed by atoms with E-state index in [1.54, 1.807) is 12.1 Å². The Morgan fingerprint density at radius 2 is 2.09 bits per heavy atom. The lowest BCUT2D eigenvalue weighted by atomic mass is 9.94. The van der Waals surface area contributed by atoms with Crippen LogP contribution < -0.4 is 10.6 Å². The third-order valence-electron chi connectivity index (χ3n) is 5.58. The number of anilines is 1. The fourth-order valence-electron chi connectivity index (χ4n) is 4.01. The van der Waals surface area contributed by atoms with E-state index in [0.29, 0.717) is 5.52 Å². The first-order chi connectivity index (χ1) is 16.8. The number of benzene rings is 1. The highest BCUT2D eigenvalue weighted by Gasteiger charge is 2.52. The van der Waals surface area contributed by atoms with Crippen LogP contribution in [0.4, 0.5) is 10.6 Å². The smallest absolute Gasteiger partial charge is 0.320 e. The maximum absolute atomic E-state index is 12.2. The first-order valence-electron chi connectivity index (χ1n) is 11.2. The van der Waals surface area contributed by atoms with Crippen LogP contribution in [0.15, 0.2) is 48.8 Å². The number of amides is 2. The fourth-order valence-corrected chi connectivity index (χ4v) is 4.01. The zero-order valence-corrected chi connectivity index (χ0v) is 19.3. The van der Waals surface area contributed by atoms with Crippen LogP contribution in [0.5, 0.6) is 0 Å². The van der Waals surface area contributed by atoms with Crippen molar-refractivity contribution < 1.29 is 24.2 Å². The van der Waals surface area contributed by atoms with Gasteiger partial charge >= 0.3 is 12.0 Å². The van der Waals surface area contributed by atoms with Crippen molar-refractivity contribution in [2.75, 3.05) is 11.9 Å². The number of aromatic nitrogens is 3. The van der Waals surface area contributed by atoms with Crippen LogP contribution in [0, 0.1) is 11.3 Å². The van der Waals surface area contributed by atoms with E-state index in [2.05, 4.69) is 26.8 Å². The predicted molar refractivity (Wildman–Crippen MR) is 124 cm³/mol. The van der Waals surface area contributed by atoms with Crippen molar-refractivity contribution in [3.05, 3.63) is 60.0 Å². The number of hydrogen-bond donors (Lipinski definition) is 3. The second-order valence-electron chi connectivity index (χ2n) is 8.56. The molecule has 2 aromatic heterocycles. The Balaban J connectivity index is 1.50. The molecule has 35 heavy (non-hydrogen) atoms. The SMILES string of the molecule is CC(C)NC(=O)Nc1ncnn2c([C@]3(C#N)O[C@@H](COC(=O)Cc4ccccc4)C[C@H]3O)ccc12. The van der Waals surface area contributed by atoms with Gasteiger partial charge in [0.15, 0.2) is 5.82 Å². The second kappa shape index (κ2) is 10.1. The minimum absolute atomic E-state index is 0.0715. The van der Waals surface area contributed by atoms with Crippen LogP contribution >= 0.6 is 0 Å². The summed E-state index contributed by atoms with van der Waals surface area (Å²) in [6.07, 6.45) is -0.450. The molecule has 3 aromatic rings. The van der Waals surface area contributed by atoms with Gasteiger partial charge in [-0.25, -0.2) is 14.3 Å². The van der Waals surface area contributed by atoms with Crippen LogP contribution in [-0.2, 0) is 26.3 Å². The van der Waals surface area contributed by atoms with Crippen molar-refractivity contribution in [3.63, 3.8) is 0 Å². The molecule has 2 amide bonds. The molecular weight excluding hydrogens is 452 g/mol. The molecule has 0 spiro atoms. The number of esters is 1. The zero-order chi connectivity index (χ0) is 25.0. The quantitative estimate of drug-likeness (QED) is 0.436. The fraction of sp³-hybridized carbons (Fsp3) is 0.375. The Kier molecular flexibility index (Phi) is 6.95. The molecule has 0 aliphatic carbocycles. The summed E-state index contributed by atoms with van der Waals surface area (Å²) in [5.74, 6) is -0.198. The summed E-state index contributed by atoms with van der Waals surface area (Å²) in [6, 6.07) is 14.0. The lowest BCUT2D eigenvalue weighted by molar-refractivity contribution is -0.148. The van der Waals surface area contributed by atoms with Crippen LogP contribution in [0.25, 0.3) is 5.52 Å². The molecule has 11 nitrogen and oxygen atoms in total. The van der Waals surface area contributed by atoms with Gasteiger partial charge in [0.2, 0.25) is 5.60 Å². The Morgan fingerprint density at radius 1 is 1.31 bits per heavy atom. The van der Waals surface area contributed by atoms with Gasteiger partial charge in [0, 0.05) is 12.5 Å². The van der Waals surface area contributed by atoms with Crippen molar-refractivity contribution in [1.29, 1.82) is 5.26 Å². The highest BCUT2D eigenvalue weighted by Crippen LogP contribution is 2.40. The summed E-state index contributed by atoms with van der Waals surface area (Å²) in [6.45, 7) is 3.55. The van der Waals surface area contributed by atoms with Crippen LogP contribution in [0.1, 0.15) is 31.5 Å². The largest absolute Gasteiger partial charge is 0.463 e. The number of fused-ring (bicyclic) bond motifs is 1. The molecule has 1 aliphatic rings. The number of carbonyl (C=O) groups is 2. The van der Waals surface area contributed by atoms with Crippen molar-refractivity contribution in [2.24, 2.45) is 0 Å². The van der Waals surface area contributed by atoms with Gasteiger partial charge in [-0.2, -0.15) is 10.4 Å². The molecule has 0 unspecified atom stereocenters. The zero-order valence-electron chi connectivity index (χ0n) is 19.3. The van der Waals surface area contributed by atoms with E-state index < -0.39 is 29.8 Å². The monoisotopic (exact) mass is 478 g/mol. The van der Waals surface area contributed by atoms with Crippen molar-refractivity contribution in [1.82, 2.24) is 19.9 Å². The van der Waals surface area contributed by atoms with Gasteiger partial charge in [-0.3, -0.25) is 10.1 Å². The Morgan fingerprint density at radius 3 is 2.80 bits per heavy atom. The van der Waals surface area contributed by atoms with E-state index in [9.17, 15) is 20.0 Å². The maximum Gasteiger partial charge on any atom is 0.320 e. The molecule has 3 atom stereocenters. The first-order valence-corrected chi connectivity index (χ1v) is 11.2. The lowest BCUT2D eigenvalue weighted by Gasteiger charge is -2.24.